The highest BCUT2D eigenvalue weighted by molar-refractivity contribution is 8.01. The third-order valence-corrected chi connectivity index (χ3v) is 3.04. The Kier molecular flexibility index (Phi) is 2.24. The SMILES string of the molecule is CON1c2ccccc2SC1C=O. The van der Waals surface area contributed by atoms with Crippen LogP contribution in [0.3, 0.4) is 0 Å². The second kappa shape index (κ2) is 3.40. The highest BCUT2D eigenvalue weighted by Gasteiger charge is 2.29. The number of anilines is 1. The lowest BCUT2D eigenvalue weighted by Crippen LogP contribution is -2.28. The average molecular weight is 195 g/mol. The van der Waals surface area contributed by atoms with Gasteiger partial charge >= 0.3 is 0 Å². The molecule has 1 atom stereocenters. The summed E-state index contributed by atoms with van der Waals surface area (Å²) in [5.41, 5.74) is 0.965. The minimum absolute atomic E-state index is 0.248. The van der Waals surface area contributed by atoms with Gasteiger partial charge in [0.25, 0.3) is 0 Å². The maximum atomic E-state index is 10.7. The fourth-order valence-corrected chi connectivity index (χ4v) is 2.39. The van der Waals surface area contributed by atoms with E-state index in [4.69, 9.17) is 4.84 Å². The number of rotatable bonds is 2. The Hall–Kier alpha value is -1.00. The molecule has 0 fully saturated rings. The molecule has 0 N–H and O–H groups in total. The van der Waals surface area contributed by atoms with Crippen LogP contribution >= 0.6 is 11.8 Å². The summed E-state index contributed by atoms with van der Waals surface area (Å²) >= 11 is 1.50. The van der Waals surface area contributed by atoms with Crippen LogP contribution in [0.4, 0.5) is 5.69 Å². The van der Waals surface area contributed by atoms with Gasteiger partial charge in [0.1, 0.15) is 0 Å². The summed E-state index contributed by atoms with van der Waals surface area (Å²) in [4.78, 5) is 16.9. The first-order valence-corrected chi connectivity index (χ1v) is 4.79. The van der Waals surface area contributed by atoms with Crippen LogP contribution in [-0.2, 0) is 9.63 Å². The van der Waals surface area contributed by atoms with E-state index in [1.54, 1.807) is 12.2 Å². The third-order valence-electron chi connectivity index (χ3n) is 1.89. The molecule has 0 bridgehead atoms. The maximum absolute atomic E-state index is 10.7. The molecule has 0 spiro atoms. The molecular weight excluding hydrogens is 186 g/mol. The number of carbonyl (C=O) groups is 1. The lowest BCUT2D eigenvalue weighted by atomic mass is 10.3. The molecule has 0 amide bonds. The van der Waals surface area contributed by atoms with Crippen LogP contribution in [0.15, 0.2) is 29.2 Å². The number of nitrogens with zero attached hydrogens (tertiary/aromatic N) is 1. The van der Waals surface area contributed by atoms with Crippen molar-refractivity contribution in [1.82, 2.24) is 0 Å². The number of aldehydes is 1. The van der Waals surface area contributed by atoms with E-state index in [0.717, 1.165) is 16.9 Å². The first-order valence-electron chi connectivity index (χ1n) is 3.91. The number of carbonyl (C=O) groups excluding carboxylic acids is 1. The quantitative estimate of drug-likeness (QED) is 0.671. The fourth-order valence-electron chi connectivity index (χ4n) is 1.34. The van der Waals surface area contributed by atoms with Gasteiger partial charge in [0, 0.05) is 4.90 Å². The fraction of sp³-hybridized carbons (Fsp3) is 0.222. The first kappa shape index (κ1) is 8.59. The van der Waals surface area contributed by atoms with Crippen LogP contribution in [0.25, 0.3) is 0 Å². The Balaban J connectivity index is 2.39. The van der Waals surface area contributed by atoms with E-state index in [1.807, 2.05) is 24.3 Å². The van der Waals surface area contributed by atoms with E-state index < -0.39 is 0 Å². The minimum Gasteiger partial charge on any atom is -0.300 e. The number of para-hydroxylation sites is 1. The number of thioether (sulfide) groups is 1. The molecule has 0 saturated carbocycles. The molecule has 1 aromatic carbocycles. The summed E-state index contributed by atoms with van der Waals surface area (Å²) in [5.74, 6) is 0. The highest BCUT2D eigenvalue weighted by Crippen LogP contribution is 2.41. The molecule has 0 saturated heterocycles. The largest absolute Gasteiger partial charge is 0.300 e. The maximum Gasteiger partial charge on any atom is 0.161 e. The van der Waals surface area contributed by atoms with Crippen LogP contribution < -0.4 is 5.06 Å². The Morgan fingerprint density at radius 3 is 3.00 bits per heavy atom. The Labute approximate surface area is 80.6 Å². The van der Waals surface area contributed by atoms with Crippen molar-refractivity contribution < 1.29 is 9.63 Å². The predicted molar refractivity (Wildman–Crippen MR) is 51.6 cm³/mol. The van der Waals surface area contributed by atoms with E-state index in [2.05, 4.69) is 0 Å². The average Bonchev–Trinajstić information content (AvgIpc) is 2.55. The molecule has 0 aromatic heterocycles. The van der Waals surface area contributed by atoms with Gasteiger partial charge in [-0.3, -0.25) is 9.63 Å². The number of hydroxylamine groups is 1. The zero-order valence-corrected chi connectivity index (χ0v) is 7.95. The zero-order chi connectivity index (χ0) is 9.26. The molecule has 3 nitrogen and oxygen atoms in total. The lowest BCUT2D eigenvalue weighted by Gasteiger charge is -2.18. The summed E-state index contributed by atoms with van der Waals surface area (Å²) in [6.45, 7) is 0. The van der Waals surface area contributed by atoms with Crippen LogP contribution in [0.1, 0.15) is 0 Å². The van der Waals surface area contributed by atoms with Gasteiger partial charge in [-0.25, -0.2) is 5.06 Å². The van der Waals surface area contributed by atoms with Gasteiger partial charge in [-0.15, -0.1) is 0 Å². The van der Waals surface area contributed by atoms with Crippen LogP contribution in [0.2, 0.25) is 0 Å². The molecule has 1 unspecified atom stereocenters. The third kappa shape index (κ3) is 1.32. The van der Waals surface area contributed by atoms with Gasteiger partial charge in [-0.1, -0.05) is 23.9 Å². The van der Waals surface area contributed by atoms with Crippen molar-refractivity contribution in [3.8, 4) is 0 Å². The van der Waals surface area contributed by atoms with E-state index in [-0.39, 0.29) is 5.37 Å². The summed E-state index contributed by atoms with van der Waals surface area (Å²) < 4.78 is 0. The molecular formula is C9H9NO2S. The van der Waals surface area contributed by atoms with Crippen molar-refractivity contribution in [2.45, 2.75) is 10.3 Å². The van der Waals surface area contributed by atoms with E-state index in [1.165, 1.54) is 11.8 Å². The van der Waals surface area contributed by atoms with Crippen molar-refractivity contribution in [2.24, 2.45) is 0 Å². The summed E-state index contributed by atoms with van der Waals surface area (Å²) in [6, 6.07) is 7.80. The van der Waals surface area contributed by atoms with Crippen molar-refractivity contribution in [3.63, 3.8) is 0 Å². The Morgan fingerprint density at radius 1 is 1.54 bits per heavy atom. The number of hydrogen-bond acceptors (Lipinski definition) is 4. The van der Waals surface area contributed by atoms with Gasteiger partial charge in [-0.2, -0.15) is 0 Å². The predicted octanol–water partition coefficient (Wildman–Crippen LogP) is 1.69. The van der Waals surface area contributed by atoms with Gasteiger partial charge in [0.2, 0.25) is 0 Å². The molecule has 68 valence electrons. The molecule has 1 aliphatic rings. The molecule has 1 aliphatic heterocycles. The van der Waals surface area contributed by atoms with Gasteiger partial charge < -0.3 is 0 Å². The van der Waals surface area contributed by atoms with Crippen molar-refractivity contribution in [2.75, 3.05) is 12.2 Å². The molecule has 0 aliphatic carbocycles. The molecule has 13 heavy (non-hydrogen) atoms. The molecule has 2 rings (SSSR count). The zero-order valence-electron chi connectivity index (χ0n) is 7.14. The number of fused-ring (bicyclic) bond motifs is 1. The van der Waals surface area contributed by atoms with Crippen molar-refractivity contribution >= 4 is 23.7 Å². The van der Waals surface area contributed by atoms with Crippen molar-refractivity contribution in [1.29, 1.82) is 0 Å². The second-order valence-electron chi connectivity index (χ2n) is 2.62. The second-order valence-corrected chi connectivity index (χ2v) is 3.78. The summed E-state index contributed by atoms with van der Waals surface area (Å²) in [6.07, 6.45) is 0.883. The van der Waals surface area contributed by atoms with E-state index in [0.29, 0.717) is 0 Å². The Bertz CT molecular complexity index is 329. The van der Waals surface area contributed by atoms with E-state index in [9.17, 15) is 4.79 Å². The van der Waals surface area contributed by atoms with Gasteiger partial charge in [-0.05, 0) is 12.1 Å². The highest BCUT2D eigenvalue weighted by atomic mass is 32.2. The van der Waals surface area contributed by atoms with Crippen molar-refractivity contribution in [3.05, 3.63) is 24.3 Å². The number of benzene rings is 1. The van der Waals surface area contributed by atoms with Crippen LogP contribution in [0, 0.1) is 0 Å². The molecule has 0 radical (unpaired) electrons. The molecule has 4 heteroatoms. The number of hydrogen-bond donors (Lipinski definition) is 0. The first-order chi connectivity index (χ1) is 6.36. The van der Waals surface area contributed by atoms with Crippen LogP contribution in [0.5, 0.6) is 0 Å². The van der Waals surface area contributed by atoms with Gasteiger partial charge in [0.15, 0.2) is 11.7 Å². The Morgan fingerprint density at radius 2 is 2.31 bits per heavy atom. The normalized spacial score (nSPS) is 20.1. The monoisotopic (exact) mass is 195 g/mol. The topological polar surface area (TPSA) is 29.5 Å². The molecule has 1 aromatic rings. The standard InChI is InChI=1S/C9H9NO2S/c1-12-10-7-4-2-3-5-8(7)13-9(10)6-11/h2-6,9H,1H3. The van der Waals surface area contributed by atoms with Gasteiger partial charge in [0.05, 0.1) is 12.8 Å². The molecule has 1 heterocycles. The lowest BCUT2D eigenvalue weighted by molar-refractivity contribution is -0.108. The summed E-state index contributed by atoms with van der Waals surface area (Å²) in [7, 11) is 1.57. The minimum atomic E-state index is -0.248. The van der Waals surface area contributed by atoms with Crippen LogP contribution in [-0.4, -0.2) is 18.8 Å². The van der Waals surface area contributed by atoms with E-state index >= 15 is 0 Å². The summed E-state index contributed by atoms with van der Waals surface area (Å²) in [5, 5.41) is 1.37. The smallest absolute Gasteiger partial charge is 0.161 e.